The smallest absolute Gasteiger partial charge is 0.337 e. The minimum atomic E-state index is -0.886. The molecule has 0 aliphatic rings. The van der Waals surface area contributed by atoms with E-state index in [2.05, 4.69) is 0 Å². The topological polar surface area (TPSA) is 37.3 Å². The molecule has 0 atom stereocenters. The summed E-state index contributed by atoms with van der Waals surface area (Å²) in [6.45, 7) is 0. The second kappa shape index (κ2) is 6.24. The summed E-state index contributed by atoms with van der Waals surface area (Å²) in [5.74, 6) is -0.886. The quantitative estimate of drug-likeness (QED) is 0.660. The van der Waals surface area contributed by atoms with Gasteiger partial charge in [-0.1, -0.05) is 70.1 Å². The Labute approximate surface area is 130 Å². The number of hydrogen-bond donors (Lipinski definition) is 1. The van der Waals surface area contributed by atoms with Gasteiger partial charge in [0.2, 0.25) is 0 Å². The summed E-state index contributed by atoms with van der Waals surface area (Å²) in [4.78, 5) is 13.5. The second-order valence-corrected chi connectivity index (χ2v) is 6.69. The highest BCUT2D eigenvalue weighted by atomic mass is 33.1. The lowest BCUT2D eigenvalue weighted by molar-refractivity contribution is 0.0695. The normalized spacial score (nSPS) is 10.7. The molecule has 0 bridgehead atoms. The Hall–Kier alpha value is -1.91. The molecule has 1 N–H and O–H groups in total. The number of carbonyl (C=O) groups is 1. The van der Waals surface area contributed by atoms with Crippen LogP contribution < -0.4 is 0 Å². The number of carboxylic acid groups (broad SMARTS) is 1. The van der Waals surface area contributed by atoms with Crippen molar-refractivity contribution in [1.82, 2.24) is 0 Å². The highest BCUT2D eigenvalue weighted by molar-refractivity contribution is 8.76. The Morgan fingerprint density at radius 1 is 0.810 bits per heavy atom. The SMILES string of the molecule is O=C(O)c1c(SSc2ccccc2)ccc2ccccc12. The van der Waals surface area contributed by atoms with E-state index in [4.69, 9.17) is 0 Å². The Kier molecular flexibility index (Phi) is 4.18. The summed E-state index contributed by atoms with van der Waals surface area (Å²) in [5.41, 5.74) is 0.376. The van der Waals surface area contributed by atoms with Crippen molar-refractivity contribution in [2.45, 2.75) is 9.79 Å². The Morgan fingerprint density at radius 3 is 2.29 bits per heavy atom. The van der Waals surface area contributed by atoms with Gasteiger partial charge in [-0.25, -0.2) is 4.79 Å². The summed E-state index contributed by atoms with van der Waals surface area (Å²) in [6.07, 6.45) is 0. The summed E-state index contributed by atoms with van der Waals surface area (Å²) in [6, 6.07) is 21.4. The zero-order chi connectivity index (χ0) is 14.7. The number of benzene rings is 3. The zero-order valence-electron chi connectivity index (χ0n) is 11.0. The first-order valence-electron chi connectivity index (χ1n) is 6.40. The molecule has 0 fully saturated rings. The van der Waals surface area contributed by atoms with Crippen LogP contribution in [-0.2, 0) is 0 Å². The monoisotopic (exact) mass is 312 g/mol. The van der Waals surface area contributed by atoms with Crippen molar-refractivity contribution in [3.8, 4) is 0 Å². The van der Waals surface area contributed by atoms with Gasteiger partial charge in [0.1, 0.15) is 0 Å². The summed E-state index contributed by atoms with van der Waals surface area (Å²) >= 11 is 0. The average Bonchev–Trinajstić information content (AvgIpc) is 2.53. The van der Waals surface area contributed by atoms with Gasteiger partial charge in [-0.15, -0.1) is 0 Å². The predicted octanol–water partition coefficient (Wildman–Crippen LogP) is 5.34. The fourth-order valence-electron chi connectivity index (χ4n) is 2.11. The van der Waals surface area contributed by atoms with E-state index in [9.17, 15) is 9.90 Å². The van der Waals surface area contributed by atoms with Gasteiger partial charge in [-0.2, -0.15) is 0 Å². The minimum absolute atomic E-state index is 0.376. The van der Waals surface area contributed by atoms with Crippen LogP contribution in [0.3, 0.4) is 0 Å². The molecule has 3 aromatic rings. The van der Waals surface area contributed by atoms with Gasteiger partial charge in [-0.05, 0) is 29.0 Å². The van der Waals surface area contributed by atoms with Crippen molar-refractivity contribution in [2.75, 3.05) is 0 Å². The molecule has 0 saturated heterocycles. The summed E-state index contributed by atoms with van der Waals surface area (Å²) in [7, 11) is 3.05. The molecule has 3 aromatic carbocycles. The second-order valence-electron chi connectivity index (χ2n) is 4.44. The molecule has 0 aromatic heterocycles. The highest BCUT2D eigenvalue weighted by Gasteiger charge is 2.15. The predicted molar refractivity (Wildman–Crippen MR) is 89.1 cm³/mol. The molecule has 0 aliphatic carbocycles. The van der Waals surface area contributed by atoms with Gasteiger partial charge in [0.15, 0.2) is 0 Å². The molecule has 0 saturated carbocycles. The third-order valence-corrected chi connectivity index (χ3v) is 5.51. The summed E-state index contributed by atoms with van der Waals surface area (Å²) in [5, 5.41) is 11.3. The molecule has 0 heterocycles. The van der Waals surface area contributed by atoms with Crippen molar-refractivity contribution in [2.24, 2.45) is 0 Å². The third-order valence-electron chi connectivity index (χ3n) is 3.08. The minimum Gasteiger partial charge on any atom is -0.478 e. The molecule has 3 rings (SSSR count). The van der Waals surface area contributed by atoms with Gasteiger partial charge in [-0.3, -0.25) is 0 Å². The number of aromatic carboxylic acids is 1. The molecule has 0 amide bonds. The molecular formula is C17H12O2S2. The molecule has 0 aliphatic heterocycles. The maximum Gasteiger partial charge on any atom is 0.337 e. The van der Waals surface area contributed by atoms with E-state index in [1.165, 1.54) is 10.8 Å². The first kappa shape index (κ1) is 14.0. The lowest BCUT2D eigenvalue weighted by Crippen LogP contribution is -1.99. The Morgan fingerprint density at radius 2 is 1.52 bits per heavy atom. The third kappa shape index (κ3) is 3.06. The number of carboxylic acids is 1. The number of rotatable bonds is 4. The number of hydrogen-bond acceptors (Lipinski definition) is 3. The van der Waals surface area contributed by atoms with E-state index in [1.807, 2.05) is 66.7 Å². The number of fused-ring (bicyclic) bond motifs is 1. The van der Waals surface area contributed by atoms with E-state index in [0.717, 1.165) is 20.6 Å². The van der Waals surface area contributed by atoms with Crippen LogP contribution in [0.15, 0.2) is 76.5 Å². The van der Waals surface area contributed by atoms with Crippen molar-refractivity contribution < 1.29 is 9.90 Å². The van der Waals surface area contributed by atoms with E-state index in [1.54, 1.807) is 10.8 Å². The standard InChI is InChI=1S/C17H12O2S2/c18-17(19)16-14-9-5-4-6-12(14)10-11-15(16)21-20-13-7-2-1-3-8-13/h1-11H,(H,18,19). The zero-order valence-corrected chi connectivity index (χ0v) is 12.7. The van der Waals surface area contributed by atoms with E-state index in [-0.39, 0.29) is 0 Å². The lowest BCUT2D eigenvalue weighted by atomic mass is 10.0. The Bertz CT molecular complexity index is 785. The maximum atomic E-state index is 11.6. The largest absolute Gasteiger partial charge is 0.478 e. The van der Waals surface area contributed by atoms with Crippen LogP contribution in [0.5, 0.6) is 0 Å². The molecule has 104 valence electrons. The van der Waals surface area contributed by atoms with Gasteiger partial charge < -0.3 is 5.11 Å². The molecule has 21 heavy (non-hydrogen) atoms. The van der Waals surface area contributed by atoms with Crippen molar-refractivity contribution >= 4 is 38.3 Å². The summed E-state index contributed by atoms with van der Waals surface area (Å²) < 4.78 is 0. The molecular weight excluding hydrogens is 300 g/mol. The first-order chi connectivity index (χ1) is 10.3. The van der Waals surface area contributed by atoms with E-state index >= 15 is 0 Å². The lowest BCUT2D eigenvalue weighted by Gasteiger charge is -2.09. The van der Waals surface area contributed by atoms with Crippen LogP contribution in [-0.4, -0.2) is 11.1 Å². The molecule has 0 unspecified atom stereocenters. The van der Waals surface area contributed by atoms with Crippen molar-refractivity contribution in [3.05, 3.63) is 72.3 Å². The van der Waals surface area contributed by atoms with Gasteiger partial charge in [0, 0.05) is 9.79 Å². The van der Waals surface area contributed by atoms with Crippen LogP contribution >= 0.6 is 21.6 Å². The van der Waals surface area contributed by atoms with E-state index in [0.29, 0.717) is 5.56 Å². The van der Waals surface area contributed by atoms with Crippen LogP contribution in [0.4, 0.5) is 0 Å². The first-order valence-corrected chi connectivity index (χ1v) is 8.55. The molecule has 0 spiro atoms. The van der Waals surface area contributed by atoms with Crippen molar-refractivity contribution in [3.63, 3.8) is 0 Å². The van der Waals surface area contributed by atoms with Gasteiger partial charge >= 0.3 is 5.97 Å². The fourth-order valence-corrected chi connectivity index (χ4v) is 4.28. The average molecular weight is 312 g/mol. The van der Waals surface area contributed by atoms with Crippen LogP contribution in [0.1, 0.15) is 10.4 Å². The van der Waals surface area contributed by atoms with Gasteiger partial charge in [0.25, 0.3) is 0 Å². The van der Waals surface area contributed by atoms with E-state index < -0.39 is 5.97 Å². The maximum absolute atomic E-state index is 11.6. The highest BCUT2D eigenvalue weighted by Crippen LogP contribution is 2.40. The Balaban J connectivity index is 1.98. The molecule has 4 heteroatoms. The van der Waals surface area contributed by atoms with Crippen LogP contribution in [0, 0.1) is 0 Å². The van der Waals surface area contributed by atoms with Gasteiger partial charge in [0.05, 0.1) is 5.56 Å². The van der Waals surface area contributed by atoms with Crippen LogP contribution in [0.25, 0.3) is 10.8 Å². The molecule has 0 radical (unpaired) electrons. The molecule has 2 nitrogen and oxygen atoms in total. The van der Waals surface area contributed by atoms with Crippen molar-refractivity contribution in [1.29, 1.82) is 0 Å². The van der Waals surface area contributed by atoms with Crippen LogP contribution in [0.2, 0.25) is 0 Å². The fraction of sp³-hybridized carbons (Fsp3) is 0.